The summed E-state index contributed by atoms with van der Waals surface area (Å²) in [6.45, 7) is 2.49. The molecule has 0 unspecified atom stereocenters. The number of benzene rings is 2. The Balaban J connectivity index is 1.46. The minimum absolute atomic E-state index is 0.00418. The summed E-state index contributed by atoms with van der Waals surface area (Å²) in [7, 11) is 0. The van der Waals surface area contributed by atoms with Crippen LogP contribution >= 0.6 is 34.7 Å². The largest absolute Gasteiger partial charge is 0.355 e. The molecule has 27 heavy (non-hydrogen) atoms. The van der Waals surface area contributed by atoms with Crippen molar-refractivity contribution in [1.29, 1.82) is 0 Å². The molecular weight excluding hydrogens is 400 g/mol. The Morgan fingerprint density at radius 1 is 1.19 bits per heavy atom. The molecule has 0 spiro atoms. The topological polar surface area (TPSA) is 66.9 Å². The standard InChI is InChI=1S/C19H19ClN4OS2/c1-13(17(25)21-11-10-14-6-3-2-4-7-14)26-19-24-23-18(27-19)22-16-9-5-8-15(20)12-16/h2-9,12-13H,10-11H2,1H3,(H,21,25)(H,22,23)/t13-/m1/s1. The van der Waals surface area contributed by atoms with E-state index in [0.717, 1.165) is 16.4 Å². The minimum atomic E-state index is -0.243. The van der Waals surface area contributed by atoms with Gasteiger partial charge in [0.2, 0.25) is 11.0 Å². The molecule has 8 heteroatoms. The van der Waals surface area contributed by atoms with Crippen LogP contribution in [0.15, 0.2) is 58.9 Å². The third-order valence-corrected chi connectivity index (χ3v) is 5.94. The van der Waals surface area contributed by atoms with Crippen LogP contribution in [-0.4, -0.2) is 27.9 Å². The molecule has 0 bridgehead atoms. The summed E-state index contributed by atoms with van der Waals surface area (Å²) >= 11 is 8.79. The summed E-state index contributed by atoms with van der Waals surface area (Å²) in [5, 5.41) is 15.5. The molecule has 1 aromatic heterocycles. The van der Waals surface area contributed by atoms with Gasteiger partial charge >= 0.3 is 0 Å². The van der Waals surface area contributed by atoms with Gasteiger partial charge in [-0.3, -0.25) is 4.79 Å². The number of amides is 1. The Hall–Kier alpha value is -2.09. The summed E-state index contributed by atoms with van der Waals surface area (Å²) in [6.07, 6.45) is 0.816. The van der Waals surface area contributed by atoms with Crippen molar-refractivity contribution in [3.63, 3.8) is 0 Å². The first-order chi connectivity index (χ1) is 13.1. The zero-order valence-corrected chi connectivity index (χ0v) is 17.1. The third-order valence-electron chi connectivity index (χ3n) is 3.68. The summed E-state index contributed by atoms with van der Waals surface area (Å²) in [5.41, 5.74) is 2.06. The lowest BCUT2D eigenvalue weighted by atomic mass is 10.1. The number of nitrogens with zero attached hydrogens (tertiary/aromatic N) is 2. The van der Waals surface area contributed by atoms with Crippen molar-refractivity contribution in [3.05, 3.63) is 65.2 Å². The summed E-state index contributed by atoms with van der Waals surface area (Å²) < 4.78 is 0.741. The van der Waals surface area contributed by atoms with E-state index in [1.807, 2.05) is 49.4 Å². The number of carbonyl (C=O) groups is 1. The van der Waals surface area contributed by atoms with Gasteiger partial charge in [-0.1, -0.05) is 71.1 Å². The fourth-order valence-electron chi connectivity index (χ4n) is 2.32. The first kappa shape index (κ1) is 19.7. The van der Waals surface area contributed by atoms with E-state index in [1.165, 1.54) is 28.7 Å². The van der Waals surface area contributed by atoms with Crippen LogP contribution in [0.4, 0.5) is 10.8 Å². The fourth-order valence-corrected chi connectivity index (χ4v) is 4.45. The maximum absolute atomic E-state index is 12.3. The normalized spacial score (nSPS) is 11.8. The van der Waals surface area contributed by atoms with Crippen molar-refractivity contribution < 1.29 is 4.79 Å². The smallest absolute Gasteiger partial charge is 0.233 e. The number of hydrogen-bond acceptors (Lipinski definition) is 6. The predicted octanol–water partition coefficient (Wildman–Crippen LogP) is 4.77. The zero-order valence-electron chi connectivity index (χ0n) is 14.7. The highest BCUT2D eigenvalue weighted by Gasteiger charge is 2.17. The van der Waals surface area contributed by atoms with E-state index < -0.39 is 0 Å². The van der Waals surface area contributed by atoms with Gasteiger partial charge in [-0.05, 0) is 37.1 Å². The van der Waals surface area contributed by atoms with Gasteiger partial charge in [-0.2, -0.15) is 0 Å². The maximum Gasteiger partial charge on any atom is 0.233 e. The Morgan fingerprint density at radius 2 is 2.00 bits per heavy atom. The summed E-state index contributed by atoms with van der Waals surface area (Å²) in [6, 6.07) is 17.5. The molecule has 0 aliphatic rings. The van der Waals surface area contributed by atoms with Gasteiger partial charge in [-0.25, -0.2) is 0 Å². The fraction of sp³-hybridized carbons (Fsp3) is 0.211. The average molecular weight is 419 g/mol. The number of thioether (sulfide) groups is 1. The van der Waals surface area contributed by atoms with Crippen molar-refractivity contribution in [2.45, 2.75) is 22.9 Å². The molecule has 0 aliphatic carbocycles. The molecular formula is C19H19ClN4OS2. The van der Waals surface area contributed by atoms with Gasteiger partial charge in [0.1, 0.15) is 0 Å². The van der Waals surface area contributed by atoms with E-state index >= 15 is 0 Å². The van der Waals surface area contributed by atoms with Crippen LogP contribution in [0.1, 0.15) is 12.5 Å². The molecule has 2 N–H and O–H groups in total. The molecule has 5 nitrogen and oxygen atoms in total. The molecule has 0 saturated heterocycles. The maximum atomic E-state index is 12.3. The van der Waals surface area contributed by atoms with E-state index in [4.69, 9.17) is 11.6 Å². The van der Waals surface area contributed by atoms with Crippen LogP contribution in [0.5, 0.6) is 0 Å². The summed E-state index contributed by atoms with van der Waals surface area (Å²) in [5.74, 6) is -0.00418. The van der Waals surface area contributed by atoms with Gasteiger partial charge in [0.25, 0.3) is 0 Å². The lowest BCUT2D eigenvalue weighted by Gasteiger charge is -2.10. The van der Waals surface area contributed by atoms with Gasteiger partial charge in [0.15, 0.2) is 4.34 Å². The van der Waals surface area contributed by atoms with E-state index in [-0.39, 0.29) is 11.2 Å². The van der Waals surface area contributed by atoms with Gasteiger partial charge in [-0.15, -0.1) is 10.2 Å². The second kappa shape index (κ2) is 9.73. The lowest BCUT2D eigenvalue weighted by Crippen LogP contribution is -2.32. The van der Waals surface area contributed by atoms with Crippen molar-refractivity contribution in [3.8, 4) is 0 Å². The van der Waals surface area contributed by atoms with Crippen LogP contribution in [0.3, 0.4) is 0 Å². The Morgan fingerprint density at radius 3 is 2.78 bits per heavy atom. The van der Waals surface area contributed by atoms with E-state index in [9.17, 15) is 4.79 Å². The average Bonchev–Trinajstić information content (AvgIpc) is 3.09. The van der Waals surface area contributed by atoms with E-state index in [0.29, 0.717) is 16.7 Å². The molecule has 140 valence electrons. The van der Waals surface area contributed by atoms with Crippen LogP contribution < -0.4 is 10.6 Å². The summed E-state index contributed by atoms with van der Waals surface area (Å²) in [4.78, 5) is 12.3. The number of anilines is 2. The van der Waals surface area contributed by atoms with Crippen molar-refractivity contribution in [2.24, 2.45) is 0 Å². The second-order valence-corrected chi connectivity index (χ2v) is 8.80. The van der Waals surface area contributed by atoms with Crippen LogP contribution in [-0.2, 0) is 11.2 Å². The molecule has 1 amide bonds. The van der Waals surface area contributed by atoms with Crippen LogP contribution in [0.25, 0.3) is 0 Å². The minimum Gasteiger partial charge on any atom is -0.355 e. The van der Waals surface area contributed by atoms with Crippen molar-refractivity contribution >= 4 is 51.4 Å². The molecule has 0 saturated carbocycles. The zero-order chi connectivity index (χ0) is 19.1. The van der Waals surface area contributed by atoms with Gasteiger partial charge < -0.3 is 10.6 Å². The first-order valence-electron chi connectivity index (χ1n) is 8.44. The number of nitrogens with one attached hydrogen (secondary N) is 2. The van der Waals surface area contributed by atoms with Crippen molar-refractivity contribution in [2.75, 3.05) is 11.9 Å². The van der Waals surface area contributed by atoms with E-state index in [1.54, 1.807) is 0 Å². The van der Waals surface area contributed by atoms with E-state index in [2.05, 4.69) is 33.0 Å². The molecule has 1 heterocycles. The molecule has 0 radical (unpaired) electrons. The monoisotopic (exact) mass is 418 g/mol. The number of aromatic nitrogens is 2. The third kappa shape index (κ3) is 6.23. The Bertz CT molecular complexity index is 888. The highest BCUT2D eigenvalue weighted by Crippen LogP contribution is 2.30. The Labute approximate surface area is 171 Å². The molecule has 2 aromatic carbocycles. The van der Waals surface area contributed by atoms with Crippen LogP contribution in [0, 0.1) is 0 Å². The second-order valence-electron chi connectivity index (χ2n) is 5.80. The van der Waals surface area contributed by atoms with Gasteiger partial charge in [0.05, 0.1) is 5.25 Å². The Kier molecular flexibility index (Phi) is 7.09. The molecule has 0 fully saturated rings. The number of hydrogen-bond donors (Lipinski definition) is 2. The number of halogens is 1. The first-order valence-corrected chi connectivity index (χ1v) is 10.5. The SMILES string of the molecule is C[C@@H](Sc1nnc(Nc2cccc(Cl)c2)s1)C(=O)NCCc1ccccc1. The molecule has 3 aromatic rings. The molecule has 3 rings (SSSR count). The highest BCUT2D eigenvalue weighted by atomic mass is 35.5. The lowest BCUT2D eigenvalue weighted by molar-refractivity contribution is -0.120. The predicted molar refractivity (Wildman–Crippen MR) is 113 cm³/mol. The number of rotatable bonds is 8. The highest BCUT2D eigenvalue weighted by molar-refractivity contribution is 8.02. The molecule has 0 aliphatic heterocycles. The molecule has 1 atom stereocenters. The van der Waals surface area contributed by atoms with Gasteiger partial charge in [0, 0.05) is 17.3 Å². The van der Waals surface area contributed by atoms with Crippen molar-refractivity contribution in [1.82, 2.24) is 15.5 Å². The number of carbonyl (C=O) groups excluding carboxylic acids is 1. The quantitative estimate of drug-likeness (QED) is 0.515. The van der Waals surface area contributed by atoms with Crippen LogP contribution in [0.2, 0.25) is 5.02 Å².